The third kappa shape index (κ3) is 6.09. The van der Waals surface area contributed by atoms with Gasteiger partial charge in [-0.15, -0.1) is 11.3 Å². The molecule has 1 aliphatic heterocycles. The van der Waals surface area contributed by atoms with Gasteiger partial charge in [-0.05, 0) is 6.07 Å². The summed E-state index contributed by atoms with van der Waals surface area (Å²) in [6.07, 6.45) is -4.58. The smallest absolute Gasteiger partial charge is 0.417 e. The van der Waals surface area contributed by atoms with Crippen molar-refractivity contribution in [2.75, 3.05) is 45.3 Å². The highest BCUT2D eigenvalue weighted by molar-refractivity contribution is 7.17. The molecule has 0 spiro atoms. The number of aromatic nitrogens is 1. The van der Waals surface area contributed by atoms with E-state index in [-0.39, 0.29) is 33.1 Å². The zero-order valence-corrected chi connectivity index (χ0v) is 20.4. The van der Waals surface area contributed by atoms with Crippen LogP contribution in [0, 0.1) is 5.41 Å². The second-order valence-corrected chi connectivity index (χ2v) is 9.85. The summed E-state index contributed by atoms with van der Waals surface area (Å²) in [5.74, 6) is -0.344. The lowest BCUT2D eigenvalue weighted by Crippen LogP contribution is -2.42. The summed E-state index contributed by atoms with van der Waals surface area (Å²) in [6, 6.07) is 1.03. The minimum Gasteiger partial charge on any atom is -0.446 e. The van der Waals surface area contributed by atoms with Gasteiger partial charge in [-0.25, -0.2) is 9.78 Å². The summed E-state index contributed by atoms with van der Waals surface area (Å²) in [5, 5.41) is 6.56. The lowest BCUT2D eigenvalue weighted by molar-refractivity contribution is -0.136. The molecule has 0 aromatic carbocycles. The number of carbonyl (C=O) groups is 2. The van der Waals surface area contributed by atoms with E-state index in [1.807, 2.05) is 13.8 Å². The fourth-order valence-corrected chi connectivity index (χ4v) is 4.84. The lowest BCUT2D eigenvalue weighted by Gasteiger charge is -2.33. The van der Waals surface area contributed by atoms with Crippen LogP contribution >= 0.6 is 11.3 Å². The quantitative estimate of drug-likeness (QED) is 0.594. The maximum absolute atomic E-state index is 13.8. The van der Waals surface area contributed by atoms with E-state index in [1.54, 1.807) is 12.0 Å². The number of piperidine rings is 1. The first-order valence-corrected chi connectivity index (χ1v) is 11.7. The zero-order chi connectivity index (χ0) is 25.1. The van der Waals surface area contributed by atoms with Crippen LogP contribution in [-0.4, -0.2) is 63.5 Å². The highest BCUT2D eigenvalue weighted by atomic mass is 32.1. The summed E-state index contributed by atoms with van der Waals surface area (Å²) >= 11 is 0.849. The summed E-state index contributed by atoms with van der Waals surface area (Å²) < 4.78 is 51.8. The Morgan fingerprint density at radius 3 is 2.53 bits per heavy atom. The van der Waals surface area contributed by atoms with Crippen molar-refractivity contribution in [1.82, 2.24) is 15.6 Å². The predicted molar refractivity (Wildman–Crippen MR) is 123 cm³/mol. The highest BCUT2D eigenvalue weighted by Crippen LogP contribution is 2.40. The van der Waals surface area contributed by atoms with Gasteiger partial charge in [-0.2, -0.15) is 13.2 Å². The third-order valence-corrected chi connectivity index (χ3v) is 6.57. The molecule has 0 bridgehead atoms. The molecule has 0 atom stereocenters. The standard InChI is InChI=1S/C22H29F3N4O4S/c1-21(2,12-32-4)11-27-20(31)33-13-5-7-29(8-6-13)16-9-15(22(23,24)25)18-17(28-16)14(10-34-18)19(30)26-3/h9-10,13H,5-8,11-12H2,1-4H3,(H,26,30)(H,27,31). The van der Waals surface area contributed by atoms with Gasteiger partial charge in [0.2, 0.25) is 0 Å². The van der Waals surface area contributed by atoms with Crippen molar-refractivity contribution in [2.45, 2.75) is 39.0 Å². The largest absolute Gasteiger partial charge is 0.446 e. The Balaban J connectivity index is 1.70. The molecule has 0 aliphatic carbocycles. The first-order chi connectivity index (χ1) is 15.9. The number of carbonyl (C=O) groups excluding carboxylic acids is 2. The normalized spacial score (nSPS) is 15.4. The number of alkyl carbamates (subject to hydrolysis) is 1. The van der Waals surface area contributed by atoms with Crippen LogP contribution < -0.4 is 15.5 Å². The fourth-order valence-electron chi connectivity index (χ4n) is 3.81. The lowest BCUT2D eigenvalue weighted by atomic mass is 9.95. The summed E-state index contributed by atoms with van der Waals surface area (Å²) in [7, 11) is 3.01. The van der Waals surface area contributed by atoms with Gasteiger partial charge in [0, 0.05) is 57.4 Å². The van der Waals surface area contributed by atoms with Crippen molar-refractivity contribution < 1.29 is 32.2 Å². The van der Waals surface area contributed by atoms with E-state index in [0.29, 0.717) is 39.1 Å². The van der Waals surface area contributed by atoms with Crippen LogP contribution in [-0.2, 0) is 15.7 Å². The van der Waals surface area contributed by atoms with Gasteiger partial charge in [0.1, 0.15) is 11.9 Å². The maximum Gasteiger partial charge on any atom is 0.417 e. The molecule has 12 heteroatoms. The number of ether oxygens (including phenoxy) is 2. The number of alkyl halides is 3. The Bertz CT molecular complexity index is 1030. The number of amides is 2. The monoisotopic (exact) mass is 502 g/mol. The van der Waals surface area contributed by atoms with Gasteiger partial charge < -0.3 is 25.0 Å². The minimum atomic E-state index is -4.59. The van der Waals surface area contributed by atoms with E-state index in [2.05, 4.69) is 15.6 Å². The van der Waals surface area contributed by atoms with E-state index in [4.69, 9.17) is 9.47 Å². The minimum absolute atomic E-state index is 0.0330. The molecule has 3 rings (SSSR count). The number of thiophene rings is 1. The second kappa shape index (κ2) is 10.3. The molecule has 1 saturated heterocycles. The molecule has 8 nitrogen and oxygen atoms in total. The van der Waals surface area contributed by atoms with E-state index in [0.717, 1.165) is 17.4 Å². The molecule has 0 radical (unpaired) electrons. The summed E-state index contributed by atoms with van der Waals surface area (Å²) in [5.41, 5.74) is -0.914. The van der Waals surface area contributed by atoms with Gasteiger partial charge >= 0.3 is 12.3 Å². The number of hydrogen-bond acceptors (Lipinski definition) is 7. The zero-order valence-electron chi connectivity index (χ0n) is 19.5. The van der Waals surface area contributed by atoms with Crippen molar-refractivity contribution in [2.24, 2.45) is 5.41 Å². The number of pyridine rings is 1. The Kier molecular flexibility index (Phi) is 7.91. The molecule has 1 aliphatic rings. The van der Waals surface area contributed by atoms with E-state index in [1.165, 1.54) is 12.4 Å². The number of anilines is 1. The van der Waals surface area contributed by atoms with Crippen molar-refractivity contribution in [1.29, 1.82) is 0 Å². The summed E-state index contributed by atoms with van der Waals surface area (Å²) in [4.78, 5) is 30.4. The number of halogens is 3. The number of hydrogen-bond donors (Lipinski definition) is 2. The summed E-state index contributed by atoms with van der Waals surface area (Å²) in [6.45, 7) is 5.51. The van der Waals surface area contributed by atoms with Gasteiger partial charge in [0.05, 0.1) is 28.0 Å². The number of methoxy groups -OCH3 is 1. The molecule has 2 N–H and O–H groups in total. The number of rotatable bonds is 7. The second-order valence-electron chi connectivity index (χ2n) is 8.97. The molecule has 2 aromatic heterocycles. The van der Waals surface area contributed by atoms with Crippen LogP contribution in [0.25, 0.3) is 10.2 Å². The van der Waals surface area contributed by atoms with Gasteiger partial charge in [-0.3, -0.25) is 4.79 Å². The number of nitrogens with zero attached hydrogens (tertiary/aromatic N) is 2. The van der Waals surface area contributed by atoms with Crippen molar-refractivity contribution >= 4 is 39.4 Å². The van der Waals surface area contributed by atoms with E-state index < -0.39 is 23.7 Å². The molecule has 188 valence electrons. The fraction of sp³-hybridized carbons (Fsp3) is 0.591. The average Bonchev–Trinajstić information content (AvgIpc) is 3.20. The van der Waals surface area contributed by atoms with Gasteiger partial charge in [-0.1, -0.05) is 13.8 Å². The van der Waals surface area contributed by atoms with Crippen LogP contribution in [0.1, 0.15) is 42.6 Å². The number of fused-ring (bicyclic) bond motifs is 1. The molecule has 2 aromatic rings. The highest BCUT2D eigenvalue weighted by Gasteiger charge is 2.36. The molecule has 2 amide bonds. The SMILES string of the molecule is CNC(=O)c1csc2c(C(F)(F)F)cc(N3CCC(OC(=O)NCC(C)(C)COC)CC3)nc12. The maximum atomic E-state index is 13.8. The molecule has 0 saturated carbocycles. The van der Waals surface area contributed by atoms with E-state index in [9.17, 15) is 22.8 Å². The molecule has 1 fully saturated rings. The van der Waals surface area contributed by atoms with Crippen LogP contribution in [0.4, 0.5) is 23.8 Å². The van der Waals surface area contributed by atoms with Crippen molar-refractivity contribution in [3.05, 3.63) is 22.6 Å². The molecule has 0 unspecified atom stereocenters. The Hall–Kier alpha value is -2.60. The molecule has 3 heterocycles. The van der Waals surface area contributed by atoms with Crippen LogP contribution in [0.5, 0.6) is 0 Å². The predicted octanol–water partition coefficient (Wildman–Crippen LogP) is 4.04. The first kappa shape index (κ1) is 26.0. The average molecular weight is 503 g/mol. The van der Waals surface area contributed by atoms with Crippen LogP contribution in [0.3, 0.4) is 0 Å². The van der Waals surface area contributed by atoms with Crippen molar-refractivity contribution in [3.63, 3.8) is 0 Å². The topological polar surface area (TPSA) is 92.8 Å². The first-order valence-electron chi connectivity index (χ1n) is 10.8. The van der Waals surface area contributed by atoms with Gasteiger partial charge in [0.25, 0.3) is 5.91 Å². The third-order valence-electron chi connectivity index (χ3n) is 5.57. The number of nitrogens with one attached hydrogen (secondary N) is 2. The van der Waals surface area contributed by atoms with Crippen molar-refractivity contribution in [3.8, 4) is 0 Å². The Labute approximate surface area is 199 Å². The molecule has 34 heavy (non-hydrogen) atoms. The van der Waals surface area contributed by atoms with E-state index >= 15 is 0 Å². The molecular weight excluding hydrogens is 473 g/mol. The van der Waals surface area contributed by atoms with Crippen LogP contribution in [0.15, 0.2) is 11.4 Å². The Morgan fingerprint density at radius 2 is 1.94 bits per heavy atom. The van der Waals surface area contributed by atoms with Gasteiger partial charge in [0.15, 0.2) is 0 Å². The van der Waals surface area contributed by atoms with Crippen LogP contribution in [0.2, 0.25) is 0 Å². The molecular formula is C22H29F3N4O4S. The Morgan fingerprint density at radius 1 is 1.26 bits per heavy atom.